The number of hydrogen-bond donors (Lipinski definition) is 1. The van der Waals surface area contributed by atoms with Crippen molar-refractivity contribution in [2.45, 2.75) is 40.2 Å². The molecular formula is C9H19N3. The molecule has 0 aromatic carbocycles. The topological polar surface area (TPSA) is 50.7 Å². The van der Waals surface area contributed by atoms with Crippen LogP contribution in [0.15, 0.2) is 10.1 Å². The summed E-state index contributed by atoms with van der Waals surface area (Å²) in [4.78, 5) is 4.38. The Morgan fingerprint density at radius 1 is 1.50 bits per heavy atom. The summed E-state index contributed by atoms with van der Waals surface area (Å²) in [6.07, 6.45) is 2.81. The van der Waals surface area contributed by atoms with Gasteiger partial charge in [-0.1, -0.05) is 20.8 Å². The van der Waals surface area contributed by atoms with Gasteiger partial charge in [0.1, 0.15) is 0 Å². The summed E-state index contributed by atoms with van der Waals surface area (Å²) in [5.74, 6) is 5.65. The van der Waals surface area contributed by atoms with E-state index in [9.17, 15) is 0 Å². The van der Waals surface area contributed by atoms with Crippen LogP contribution in [0.2, 0.25) is 0 Å². The molecule has 0 radical (unpaired) electrons. The van der Waals surface area contributed by atoms with Crippen LogP contribution in [0.1, 0.15) is 34.1 Å². The minimum Gasteiger partial charge on any atom is -0.323 e. The van der Waals surface area contributed by atoms with E-state index >= 15 is 0 Å². The smallest absolute Gasteiger partial charge is 0.0747 e. The molecule has 2 N–H and O–H groups in total. The number of nitrogens with zero attached hydrogens (tertiary/aromatic N) is 2. The van der Waals surface area contributed by atoms with Gasteiger partial charge in [-0.2, -0.15) is 5.10 Å². The molecule has 1 atom stereocenters. The van der Waals surface area contributed by atoms with E-state index < -0.39 is 0 Å². The summed E-state index contributed by atoms with van der Waals surface area (Å²) in [6.45, 7) is 8.31. The second kappa shape index (κ2) is 5.75. The van der Waals surface area contributed by atoms with Crippen molar-refractivity contribution in [3.8, 4) is 0 Å². The van der Waals surface area contributed by atoms with Gasteiger partial charge in [0.15, 0.2) is 0 Å². The first-order valence-electron chi connectivity index (χ1n) is 4.39. The molecule has 70 valence electrons. The predicted molar refractivity (Wildman–Crippen MR) is 54.7 cm³/mol. The van der Waals surface area contributed by atoms with E-state index in [-0.39, 0.29) is 0 Å². The Balaban J connectivity index is 4.10. The summed E-state index contributed by atoms with van der Waals surface area (Å²) < 4.78 is 0. The molecule has 0 saturated heterocycles. The van der Waals surface area contributed by atoms with E-state index in [0.717, 1.165) is 12.1 Å². The molecule has 0 aliphatic rings. The number of nitrogens with two attached hydrogens (primary N) is 1. The van der Waals surface area contributed by atoms with Crippen molar-refractivity contribution in [3.63, 3.8) is 0 Å². The summed E-state index contributed by atoms with van der Waals surface area (Å²) >= 11 is 0. The minimum atomic E-state index is 0.390. The van der Waals surface area contributed by atoms with Crippen LogP contribution >= 0.6 is 0 Å². The second-order valence-electron chi connectivity index (χ2n) is 3.27. The molecule has 12 heavy (non-hydrogen) atoms. The molecule has 0 aromatic heterocycles. The van der Waals surface area contributed by atoms with E-state index in [0.29, 0.717) is 12.0 Å². The highest BCUT2D eigenvalue weighted by Crippen LogP contribution is 2.08. The summed E-state index contributed by atoms with van der Waals surface area (Å²) in [5.41, 5.74) is 0.772. The first-order valence-corrected chi connectivity index (χ1v) is 4.39. The highest BCUT2D eigenvalue weighted by molar-refractivity contribution is 6.29. The zero-order chi connectivity index (χ0) is 9.56. The third-order valence-electron chi connectivity index (χ3n) is 1.84. The lowest BCUT2D eigenvalue weighted by Gasteiger charge is -2.12. The van der Waals surface area contributed by atoms with E-state index in [4.69, 9.17) is 5.84 Å². The standard InChI is InChI=1S/C9H19N3/c1-5-9(7(2)3)11-6-8(4)12-10/h6-7,9H,5,10H2,1-4H3/b11-6?,12-8-. The zero-order valence-corrected chi connectivity index (χ0v) is 8.41. The van der Waals surface area contributed by atoms with E-state index in [1.54, 1.807) is 6.21 Å². The monoisotopic (exact) mass is 169 g/mol. The summed E-state index contributed by atoms with van der Waals surface area (Å²) in [6, 6.07) is 0.390. The van der Waals surface area contributed by atoms with Crippen LogP contribution in [-0.2, 0) is 0 Å². The van der Waals surface area contributed by atoms with Gasteiger partial charge in [-0.3, -0.25) is 4.99 Å². The van der Waals surface area contributed by atoms with E-state index in [1.165, 1.54) is 0 Å². The van der Waals surface area contributed by atoms with Crippen LogP contribution < -0.4 is 5.84 Å². The van der Waals surface area contributed by atoms with E-state index in [2.05, 4.69) is 30.9 Å². The van der Waals surface area contributed by atoms with Gasteiger partial charge in [-0.15, -0.1) is 0 Å². The molecule has 0 aliphatic carbocycles. The average Bonchev–Trinajstić information content (AvgIpc) is 2.04. The molecule has 0 spiro atoms. The number of hydrazone groups is 1. The fourth-order valence-electron chi connectivity index (χ4n) is 0.986. The van der Waals surface area contributed by atoms with Gasteiger partial charge in [-0.05, 0) is 19.3 Å². The average molecular weight is 169 g/mol. The van der Waals surface area contributed by atoms with Crippen LogP contribution in [0.3, 0.4) is 0 Å². The van der Waals surface area contributed by atoms with Crippen LogP contribution in [0.25, 0.3) is 0 Å². The predicted octanol–water partition coefficient (Wildman–Crippen LogP) is 1.83. The van der Waals surface area contributed by atoms with Gasteiger partial charge in [0.25, 0.3) is 0 Å². The highest BCUT2D eigenvalue weighted by atomic mass is 15.1. The molecule has 0 aromatic rings. The van der Waals surface area contributed by atoms with Gasteiger partial charge >= 0.3 is 0 Å². The lowest BCUT2D eigenvalue weighted by molar-refractivity contribution is 0.485. The van der Waals surface area contributed by atoms with Gasteiger partial charge in [0.05, 0.1) is 11.8 Å². The van der Waals surface area contributed by atoms with Crippen molar-refractivity contribution in [1.82, 2.24) is 0 Å². The van der Waals surface area contributed by atoms with Crippen molar-refractivity contribution in [1.29, 1.82) is 0 Å². The van der Waals surface area contributed by atoms with E-state index in [1.807, 2.05) is 6.92 Å². The Hall–Kier alpha value is -0.860. The maximum atomic E-state index is 5.07. The van der Waals surface area contributed by atoms with Crippen LogP contribution in [0.5, 0.6) is 0 Å². The zero-order valence-electron chi connectivity index (χ0n) is 8.41. The first-order chi connectivity index (χ1) is 5.61. The molecule has 0 aliphatic heterocycles. The number of aliphatic imine (C=N–C) groups is 1. The fourth-order valence-corrected chi connectivity index (χ4v) is 0.986. The van der Waals surface area contributed by atoms with Crippen molar-refractivity contribution in [3.05, 3.63) is 0 Å². The van der Waals surface area contributed by atoms with Crippen molar-refractivity contribution in [2.75, 3.05) is 0 Å². The van der Waals surface area contributed by atoms with Crippen molar-refractivity contribution < 1.29 is 0 Å². The SMILES string of the molecule is CCC(N=C/C(C)=N\N)C(C)C. The summed E-state index contributed by atoms with van der Waals surface area (Å²) in [7, 11) is 0. The fraction of sp³-hybridized carbons (Fsp3) is 0.778. The Morgan fingerprint density at radius 3 is 2.42 bits per heavy atom. The molecular weight excluding hydrogens is 150 g/mol. The van der Waals surface area contributed by atoms with Crippen molar-refractivity contribution >= 4 is 11.9 Å². The lowest BCUT2D eigenvalue weighted by atomic mass is 10.0. The Labute approximate surface area is 74.8 Å². The molecule has 1 unspecified atom stereocenters. The normalized spacial score (nSPS) is 15.9. The molecule has 0 fully saturated rings. The van der Waals surface area contributed by atoms with Gasteiger partial charge < -0.3 is 5.84 Å². The Morgan fingerprint density at radius 2 is 2.08 bits per heavy atom. The molecule has 0 saturated carbocycles. The minimum absolute atomic E-state index is 0.390. The molecule has 0 rings (SSSR count). The molecule has 0 bridgehead atoms. The maximum Gasteiger partial charge on any atom is 0.0747 e. The molecule has 0 amide bonds. The van der Waals surface area contributed by atoms with Gasteiger partial charge in [0, 0.05) is 6.21 Å². The summed E-state index contributed by atoms with van der Waals surface area (Å²) in [5, 5.41) is 3.52. The van der Waals surface area contributed by atoms with Crippen LogP contribution in [0, 0.1) is 5.92 Å². The molecule has 3 nitrogen and oxygen atoms in total. The third kappa shape index (κ3) is 4.11. The number of hydrogen-bond acceptors (Lipinski definition) is 3. The maximum absolute atomic E-state index is 5.07. The third-order valence-corrected chi connectivity index (χ3v) is 1.84. The Kier molecular flexibility index (Phi) is 5.34. The lowest BCUT2D eigenvalue weighted by Crippen LogP contribution is -2.12. The quantitative estimate of drug-likeness (QED) is 0.389. The van der Waals surface area contributed by atoms with Crippen molar-refractivity contribution in [2.24, 2.45) is 21.9 Å². The first kappa shape index (κ1) is 11.1. The molecule has 0 heterocycles. The van der Waals surface area contributed by atoms with Gasteiger partial charge in [0.2, 0.25) is 0 Å². The van der Waals surface area contributed by atoms with Crippen LogP contribution in [-0.4, -0.2) is 18.0 Å². The largest absolute Gasteiger partial charge is 0.323 e. The van der Waals surface area contributed by atoms with Crippen LogP contribution in [0.4, 0.5) is 0 Å². The Bertz CT molecular complexity index is 171. The second-order valence-corrected chi connectivity index (χ2v) is 3.27. The number of rotatable bonds is 4. The highest BCUT2D eigenvalue weighted by Gasteiger charge is 2.07. The molecule has 3 heteroatoms. The van der Waals surface area contributed by atoms with Gasteiger partial charge in [-0.25, -0.2) is 0 Å².